The summed E-state index contributed by atoms with van der Waals surface area (Å²) in [6.07, 6.45) is -0.653. The second-order valence-corrected chi connectivity index (χ2v) is 6.24. The van der Waals surface area contributed by atoms with Gasteiger partial charge in [-0.2, -0.15) is 0 Å². The minimum absolute atomic E-state index is 0.0259. The van der Waals surface area contributed by atoms with E-state index >= 15 is 0 Å². The van der Waals surface area contributed by atoms with Crippen LogP contribution in [0, 0.1) is 6.57 Å². The molecule has 2 aromatic rings. The van der Waals surface area contributed by atoms with Crippen molar-refractivity contribution in [3.63, 3.8) is 0 Å². The van der Waals surface area contributed by atoms with E-state index in [1.54, 1.807) is 24.3 Å². The van der Waals surface area contributed by atoms with Crippen LogP contribution in [0.4, 0.5) is 14.5 Å². The van der Waals surface area contributed by atoms with E-state index in [4.69, 9.17) is 25.5 Å². The predicted octanol–water partition coefficient (Wildman–Crippen LogP) is 5.54. The molecule has 148 valence electrons. The van der Waals surface area contributed by atoms with Crippen molar-refractivity contribution < 1.29 is 27.7 Å². The Morgan fingerprint density at radius 3 is 2.43 bits per heavy atom. The SMILES string of the molecule is [C-]#[N+]c1ccc(C(F)F)c(Oc2ccc(OCCOC3CCOCC3)cc2)c1. The Morgan fingerprint density at radius 1 is 1.04 bits per heavy atom. The van der Waals surface area contributed by atoms with E-state index in [9.17, 15) is 8.78 Å². The molecule has 5 nitrogen and oxygen atoms in total. The summed E-state index contributed by atoms with van der Waals surface area (Å²) in [6.45, 7) is 9.40. The number of rotatable bonds is 8. The molecule has 1 aliphatic heterocycles. The number of alkyl halides is 2. The van der Waals surface area contributed by atoms with Gasteiger partial charge in [-0.1, -0.05) is 12.1 Å². The van der Waals surface area contributed by atoms with Gasteiger partial charge in [0.1, 0.15) is 23.9 Å². The molecule has 0 aliphatic carbocycles. The molecule has 28 heavy (non-hydrogen) atoms. The lowest BCUT2D eigenvalue weighted by atomic mass is 10.2. The number of hydrogen-bond donors (Lipinski definition) is 0. The molecule has 7 heteroatoms. The summed E-state index contributed by atoms with van der Waals surface area (Å²) in [5.74, 6) is 0.990. The normalized spacial score (nSPS) is 14.6. The van der Waals surface area contributed by atoms with Gasteiger partial charge < -0.3 is 18.9 Å². The van der Waals surface area contributed by atoms with E-state index < -0.39 is 6.43 Å². The summed E-state index contributed by atoms with van der Waals surface area (Å²) >= 11 is 0. The Labute approximate surface area is 162 Å². The minimum atomic E-state index is -2.69. The molecule has 1 fully saturated rings. The monoisotopic (exact) mass is 389 g/mol. The fourth-order valence-corrected chi connectivity index (χ4v) is 2.81. The molecule has 1 aliphatic rings. The molecule has 0 unspecified atom stereocenters. The summed E-state index contributed by atoms with van der Waals surface area (Å²) in [5, 5.41) is 0. The first-order valence-corrected chi connectivity index (χ1v) is 9.05. The van der Waals surface area contributed by atoms with Gasteiger partial charge in [-0.25, -0.2) is 13.6 Å². The van der Waals surface area contributed by atoms with Crippen molar-refractivity contribution in [1.82, 2.24) is 0 Å². The van der Waals surface area contributed by atoms with Gasteiger partial charge in [-0.15, -0.1) is 0 Å². The number of hydrogen-bond acceptors (Lipinski definition) is 4. The van der Waals surface area contributed by atoms with Crippen molar-refractivity contribution in [2.24, 2.45) is 0 Å². The summed E-state index contributed by atoms with van der Waals surface area (Å²) < 4.78 is 48.5. The molecule has 2 aromatic carbocycles. The van der Waals surface area contributed by atoms with Gasteiger partial charge >= 0.3 is 0 Å². The summed E-state index contributed by atoms with van der Waals surface area (Å²) in [6, 6.07) is 10.5. The van der Waals surface area contributed by atoms with Crippen molar-refractivity contribution in [2.75, 3.05) is 26.4 Å². The molecular formula is C21H21F2NO4. The number of halogens is 2. The quantitative estimate of drug-likeness (QED) is 0.439. The molecule has 1 saturated heterocycles. The highest BCUT2D eigenvalue weighted by Gasteiger charge is 2.16. The molecule has 0 aromatic heterocycles. The fourth-order valence-electron chi connectivity index (χ4n) is 2.81. The van der Waals surface area contributed by atoms with Crippen LogP contribution in [0.15, 0.2) is 42.5 Å². The van der Waals surface area contributed by atoms with Gasteiger partial charge in [0, 0.05) is 13.2 Å². The maximum absolute atomic E-state index is 13.1. The van der Waals surface area contributed by atoms with Crippen molar-refractivity contribution in [2.45, 2.75) is 25.4 Å². The summed E-state index contributed by atoms with van der Waals surface area (Å²) in [4.78, 5) is 3.25. The van der Waals surface area contributed by atoms with Crippen molar-refractivity contribution in [1.29, 1.82) is 0 Å². The lowest BCUT2D eigenvalue weighted by molar-refractivity contribution is -0.0388. The first-order chi connectivity index (χ1) is 13.7. The Kier molecular flexibility index (Phi) is 7.18. The van der Waals surface area contributed by atoms with E-state index in [1.165, 1.54) is 18.2 Å². The first kappa shape index (κ1) is 20.1. The third kappa shape index (κ3) is 5.65. The molecule has 0 amide bonds. The molecule has 0 saturated carbocycles. The van der Waals surface area contributed by atoms with Gasteiger partial charge in [-0.3, -0.25) is 0 Å². The molecule has 0 atom stereocenters. The highest BCUT2D eigenvalue weighted by Crippen LogP contribution is 2.35. The smallest absolute Gasteiger partial charge is 0.267 e. The Morgan fingerprint density at radius 2 is 1.75 bits per heavy atom. The first-order valence-electron chi connectivity index (χ1n) is 9.05. The maximum Gasteiger partial charge on any atom is 0.267 e. The average Bonchev–Trinajstić information content (AvgIpc) is 2.73. The number of ether oxygens (including phenoxy) is 4. The van der Waals surface area contributed by atoms with E-state index in [-0.39, 0.29) is 23.1 Å². The van der Waals surface area contributed by atoms with Crippen LogP contribution >= 0.6 is 0 Å². The van der Waals surface area contributed by atoms with Crippen LogP contribution < -0.4 is 9.47 Å². The third-order valence-corrected chi connectivity index (χ3v) is 4.29. The lowest BCUT2D eigenvalue weighted by Crippen LogP contribution is -2.25. The van der Waals surface area contributed by atoms with Crippen LogP contribution in [-0.4, -0.2) is 32.5 Å². The minimum Gasteiger partial charge on any atom is -0.491 e. The lowest BCUT2D eigenvalue weighted by Gasteiger charge is -2.22. The largest absolute Gasteiger partial charge is 0.491 e. The second kappa shape index (κ2) is 10.0. The van der Waals surface area contributed by atoms with E-state index in [2.05, 4.69) is 4.85 Å². The van der Waals surface area contributed by atoms with Crippen molar-refractivity contribution in [3.8, 4) is 17.2 Å². The Bertz CT molecular complexity index is 799. The summed E-state index contributed by atoms with van der Waals surface area (Å²) in [5.41, 5.74) is -0.0122. The van der Waals surface area contributed by atoms with E-state index in [0.717, 1.165) is 26.1 Å². The van der Waals surface area contributed by atoms with E-state index in [1.807, 2.05) is 0 Å². The van der Waals surface area contributed by atoms with Crippen LogP contribution in [0.2, 0.25) is 0 Å². The van der Waals surface area contributed by atoms with E-state index in [0.29, 0.717) is 24.7 Å². The standard InChI is InChI=1S/C21H21F2NO4/c1-24-15-2-7-19(21(22)23)20(14-15)28-18-5-3-16(4-6-18)26-12-13-27-17-8-10-25-11-9-17/h2-7,14,17,21H,8-13H2. The fraction of sp³-hybridized carbons (Fsp3) is 0.381. The number of nitrogens with zero attached hydrogens (tertiary/aromatic N) is 1. The molecule has 3 rings (SSSR count). The van der Waals surface area contributed by atoms with Gasteiger partial charge in [0.2, 0.25) is 0 Å². The van der Waals surface area contributed by atoms with Crippen LogP contribution in [0.1, 0.15) is 24.8 Å². The highest BCUT2D eigenvalue weighted by molar-refractivity contribution is 5.54. The van der Waals surface area contributed by atoms with Crippen molar-refractivity contribution in [3.05, 3.63) is 59.4 Å². The molecular weight excluding hydrogens is 368 g/mol. The van der Waals surface area contributed by atoms with Crippen molar-refractivity contribution >= 4 is 5.69 Å². The molecule has 1 heterocycles. The van der Waals surface area contributed by atoms with Crippen LogP contribution in [0.25, 0.3) is 4.85 Å². The van der Waals surface area contributed by atoms with Crippen LogP contribution in [-0.2, 0) is 9.47 Å². The maximum atomic E-state index is 13.1. The zero-order valence-electron chi connectivity index (χ0n) is 15.3. The van der Waals surface area contributed by atoms with Crippen LogP contribution in [0.3, 0.4) is 0 Å². The number of benzene rings is 2. The molecule has 0 bridgehead atoms. The van der Waals surface area contributed by atoms with Gasteiger partial charge in [0.15, 0.2) is 5.69 Å². The summed E-state index contributed by atoms with van der Waals surface area (Å²) in [7, 11) is 0. The topological polar surface area (TPSA) is 41.3 Å². The predicted molar refractivity (Wildman–Crippen MR) is 99.5 cm³/mol. The molecule has 0 radical (unpaired) electrons. The molecule has 0 spiro atoms. The van der Waals surface area contributed by atoms with Gasteiger partial charge in [0.05, 0.1) is 24.8 Å². The Balaban J connectivity index is 1.52. The zero-order valence-corrected chi connectivity index (χ0v) is 15.3. The average molecular weight is 389 g/mol. The third-order valence-electron chi connectivity index (χ3n) is 4.29. The van der Waals surface area contributed by atoms with Crippen LogP contribution in [0.5, 0.6) is 17.2 Å². The van der Waals surface area contributed by atoms with Gasteiger partial charge in [-0.05, 0) is 43.2 Å². The Hall–Kier alpha value is -2.69. The van der Waals surface area contributed by atoms with Gasteiger partial charge in [0.25, 0.3) is 6.43 Å². The molecule has 0 N–H and O–H groups in total. The second-order valence-electron chi connectivity index (χ2n) is 6.24. The zero-order chi connectivity index (χ0) is 19.8. The highest BCUT2D eigenvalue weighted by atomic mass is 19.3.